The summed E-state index contributed by atoms with van der Waals surface area (Å²) < 4.78 is 1.81. The summed E-state index contributed by atoms with van der Waals surface area (Å²) >= 11 is 5.94. The third-order valence-corrected chi connectivity index (χ3v) is 2.69. The van der Waals surface area contributed by atoms with Gasteiger partial charge in [0, 0.05) is 18.9 Å². The summed E-state index contributed by atoms with van der Waals surface area (Å²) in [5.41, 5.74) is 8.38. The zero-order valence-corrected chi connectivity index (χ0v) is 9.78. The van der Waals surface area contributed by atoms with Gasteiger partial charge in [0.2, 0.25) is 0 Å². The van der Waals surface area contributed by atoms with E-state index in [0.717, 1.165) is 17.0 Å². The molecule has 84 valence electrons. The summed E-state index contributed by atoms with van der Waals surface area (Å²) in [5, 5.41) is 4.98. The maximum absolute atomic E-state index is 5.94. The number of aromatic nitrogens is 3. The second kappa shape index (κ2) is 4.63. The lowest BCUT2D eigenvalue weighted by atomic mass is 10.2. The molecule has 2 aromatic rings. The first kappa shape index (κ1) is 11.1. The smallest absolute Gasteiger partial charge is 0.0815 e. The average molecular weight is 237 g/mol. The van der Waals surface area contributed by atoms with Crippen molar-refractivity contribution in [3.8, 4) is 0 Å². The van der Waals surface area contributed by atoms with Crippen LogP contribution in [0, 0.1) is 6.92 Å². The Morgan fingerprint density at radius 3 is 2.94 bits per heavy atom. The van der Waals surface area contributed by atoms with Crippen molar-refractivity contribution in [1.82, 2.24) is 14.8 Å². The van der Waals surface area contributed by atoms with E-state index >= 15 is 0 Å². The molecule has 2 rings (SSSR count). The molecule has 0 aliphatic carbocycles. The molecule has 0 unspecified atom stereocenters. The van der Waals surface area contributed by atoms with Gasteiger partial charge in [0.05, 0.1) is 23.0 Å². The highest BCUT2D eigenvalue weighted by molar-refractivity contribution is 6.31. The molecule has 2 N–H and O–H groups in total. The second-order valence-electron chi connectivity index (χ2n) is 3.62. The highest BCUT2D eigenvalue weighted by atomic mass is 35.5. The minimum Gasteiger partial charge on any atom is -0.325 e. The number of halogens is 1. The van der Waals surface area contributed by atoms with E-state index in [2.05, 4.69) is 10.1 Å². The van der Waals surface area contributed by atoms with E-state index in [0.29, 0.717) is 18.1 Å². The lowest BCUT2D eigenvalue weighted by Gasteiger charge is -2.03. The summed E-state index contributed by atoms with van der Waals surface area (Å²) in [4.78, 5) is 4.14. The van der Waals surface area contributed by atoms with Crippen LogP contribution in [0.2, 0.25) is 5.02 Å². The zero-order valence-electron chi connectivity index (χ0n) is 9.02. The van der Waals surface area contributed by atoms with Crippen molar-refractivity contribution < 1.29 is 0 Å². The van der Waals surface area contributed by atoms with Crippen LogP contribution in [0.1, 0.15) is 17.0 Å². The summed E-state index contributed by atoms with van der Waals surface area (Å²) in [6.45, 7) is 3.02. The highest BCUT2D eigenvalue weighted by Gasteiger charge is 2.03. The first-order valence-corrected chi connectivity index (χ1v) is 5.40. The van der Waals surface area contributed by atoms with E-state index in [4.69, 9.17) is 17.3 Å². The Hall–Kier alpha value is -1.39. The normalized spacial score (nSPS) is 10.7. The SMILES string of the molecule is Cc1nn(Cc2ccnc(CN)c2)cc1Cl. The minimum atomic E-state index is 0.451. The quantitative estimate of drug-likeness (QED) is 0.883. The zero-order chi connectivity index (χ0) is 11.5. The van der Waals surface area contributed by atoms with Crippen LogP contribution in [0.4, 0.5) is 0 Å². The van der Waals surface area contributed by atoms with Gasteiger partial charge in [-0.25, -0.2) is 0 Å². The van der Waals surface area contributed by atoms with Crippen LogP contribution >= 0.6 is 11.6 Å². The fourth-order valence-corrected chi connectivity index (χ4v) is 1.65. The van der Waals surface area contributed by atoms with Gasteiger partial charge in [0.15, 0.2) is 0 Å². The first-order chi connectivity index (χ1) is 7.69. The van der Waals surface area contributed by atoms with Gasteiger partial charge in [0.1, 0.15) is 0 Å². The number of nitrogens with two attached hydrogens (primary N) is 1. The average Bonchev–Trinajstić information content (AvgIpc) is 2.58. The predicted octanol–water partition coefficient (Wildman–Crippen LogP) is 1.75. The molecule has 0 aliphatic rings. The number of aryl methyl sites for hydroxylation is 1. The van der Waals surface area contributed by atoms with Crippen molar-refractivity contribution in [2.24, 2.45) is 5.73 Å². The Morgan fingerprint density at radius 1 is 1.50 bits per heavy atom. The second-order valence-corrected chi connectivity index (χ2v) is 4.03. The van der Waals surface area contributed by atoms with Gasteiger partial charge in [-0.3, -0.25) is 9.67 Å². The Bertz CT molecular complexity index is 473. The maximum atomic E-state index is 5.94. The van der Waals surface area contributed by atoms with Crippen molar-refractivity contribution in [3.63, 3.8) is 0 Å². The molecule has 5 heteroatoms. The predicted molar refractivity (Wildman–Crippen MR) is 63.2 cm³/mol. The third kappa shape index (κ3) is 2.40. The van der Waals surface area contributed by atoms with Gasteiger partial charge >= 0.3 is 0 Å². The molecule has 0 aliphatic heterocycles. The van der Waals surface area contributed by atoms with Gasteiger partial charge in [-0.05, 0) is 24.6 Å². The summed E-state index contributed by atoms with van der Waals surface area (Å²) in [6.07, 6.45) is 3.58. The lowest BCUT2D eigenvalue weighted by molar-refractivity contribution is 0.677. The van der Waals surface area contributed by atoms with E-state index < -0.39 is 0 Å². The molecule has 2 aromatic heterocycles. The summed E-state index contributed by atoms with van der Waals surface area (Å²) in [7, 11) is 0. The standard InChI is InChI=1S/C11H13ClN4/c1-8-11(12)7-16(15-8)6-9-2-3-14-10(4-9)5-13/h2-4,7H,5-6,13H2,1H3. The van der Waals surface area contributed by atoms with Gasteiger partial charge in [-0.2, -0.15) is 5.10 Å². The molecule has 0 saturated heterocycles. The number of rotatable bonds is 3. The molecule has 0 radical (unpaired) electrons. The number of hydrogen-bond acceptors (Lipinski definition) is 3. The molecular formula is C11H13ClN4. The van der Waals surface area contributed by atoms with Crippen LogP contribution in [0.5, 0.6) is 0 Å². The number of nitrogens with zero attached hydrogens (tertiary/aromatic N) is 3. The first-order valence-electron chi connectivity index (χ1n) is 5.02. The fourth-order valence-electron chi connectivity index (χ4n) is 1.50. The van der Waals surface area contributed by atoms with Gasteiger partial charge in [-0.1, -0.05) is 11.6 Å². The highest BCUT2D eigenvalue weighted by Crippen LogP contribution is 2.13. The molecule has 0 bridgehead atoms. The van der Waals surface area contributed by atoms with Crippen LogP contribution in [0.3, 0.4) is 0 Å². The van der Waals surface area contributed by atoms with Crippen LogP contribution in [-0.4, -0.2) is 14.8 Å². The molecule has 2 heterocycles. The molecule has 16 heavy (non-hydrogen) atoms. The number of pyridine rings is 1. The van der Waals surface area contributed by atoms with Crippen LogP contribution in [0.15, 0.2) is 24.5 Å². The van der Waals surface area contributed by atoms with Crippen molar-refractivity contribution in [2.45, 2.75) is 20.0 Å². The third-order valence-electron chi connectivity index (χ3n) is 2.32. The molecule has 0 amide bonds. The maximum Gasteiger partial charge on any atom is 0.0815 e. The summed E-state index contributed by atoms with van der Waals surface area (Å²) in [6, 6.07) is 3.93. The molecule has 4 nitrogen and oxygen atoms in total. The van der Waals surface area contributed by atoms with Gasteiger partial charge < -0.3 is 5.73 Å². The van der Waals surface area contributed by atoms with E-state index in [1.54, 1.807) is 6.20 Å². The van der Waals surface area contributed by atoms with E-state index in [1.165, 1.54) is 0 Å². The molecular weight excluding hydrogens is 224 g/mol. The Balaban J connectivity index is 2.20. The molecule has 0 spiro atoms. The topological polar surface area (TPSA) is 56.7 Å². The fraction of sp³-hybridized carbons (Fsp3) is 0.273. The largest absolute Gasteiger partial charge is 0.325 e. The van der Waals surface area contributed by atoms with E-state index in [9.17, 15) is 0 Å². The van der Waals surface area contributed by atoms with E-state index in [1.807, 2.05) is 29.9 Å². The van der Waals surface area contributed by atoms with Gasteiger partial charge in [0.25, 0.3) is 0 Å². The van der Waals surface area contributed by atoms with Crippen LogP contribution in [-0.2, 0) is 13.1 Å². The van der Waals surface area contributed by atoms with Gasteiger partial charge in [-0.15, -0.1) is 0 Å². The monoisotopic (exact) mass is 236 g/mol. The van der Waals surface area contributed by atoms with Crippen LogP contribution in [0.25, 0.3) is 0 Å². The summed E-state index contributed by atoms with van der Waals surface area (Å²) in [5.74, 6) is 0. The minimum absolute atomic E-state index is 0.451. The Labute approximate surface area is 99.1 Å². The van der Waals surface area contributed by atoms with Crippen LogP contribution < -0.4 is 5.73 Å². The molecule has 0 aromatic carbocycles. The Kier molecular flexibility index (Phi) is 3.22. The van der Waals surface area contributed by atoms with Crippen molar-refractivity contribution in [2.75, 3.05) is 0 Å². The lowest BCUT2D eigenvalue weighted by Crippen LogP contribution is -2.04. The van der Waals surface area contributed by atoms with Crippen molar-refractivity contribution in [3.05, 3.63) is 46.5 Å². The van der Waals surface area contributed by atoms with Crippen molar-refractivity contribution in [1.29, 1.82) is 0 Å². The molecule has 0 fully saturated rings. The molecule has 0 saturated carbocycles. The van der Waals surface area contributed by atoms with E-state index in [-0.39, 0.29) is 0 Å². The molecule has 0 atom stereocenters. The van der Waals surface area contributed by atoms with Crippen molar-refractivity contribution >= 4 is 11.6 Å². The number of hydrogen-bond donors (Lipinski definition) is 1. The Morgan fingerprint density at radius 2 is 2.31 bits per heavy atom.